The Labute approximate surface area is 240 Å². The molecule has 1 unspecified atom stereocenters. The monoisotopic (exact) mass is 536 g/mol. The lowest BCUT2D eigenvalue weighted by Crippen LogP contribution is -2.08. The van der Waals surface area contributed by atoms with Gasteiger partial charge >= 0.3 is 5.97 Å². The fourth-order valence-electron chi connectivity index (χ4n) is 5.02. The van der Waals surface area contributed by atoms with Crippen molar-refractivity contribution in [3.05, 3.63) is 54.1 Å². The highest BCUT2D eigenvalue weighted by Crippen LogP contribution is 2.26. The molecule has 39 heavy (non-hydrogen) atoms. The normalized spacial score (nSPS) is 11.9. The second-order valence-electron chi connectivity index (χ2n) is 11.2. The van der Waals surface area contributed by atoms with Gasteiger partial charge in [0.25, 0.3) is 0 Å². The molecule has 0 amide bonds. The van der Waals surface area contributed by atoms with Crippen molar-refractivity contribution in [2.75, 3.05) is 6.61 Å². The minimum absolute atomic E-state index is 0.0837. The van der Waals surface area contributed by atoms with Gasteiger partial charge in [-0.2, -0.15) is 0 Å². The van der Waals surface area contributed by atoms with Crippen LogP contribution in [0.15, 0.2) is 48.5 Å². The van der Waals surface area contributed by atoms with Crippen molar-refractivity contribution in [2.24, 2.45) is 0 Å². The van der Waals surface area contributed by atoms with E-state index in [2.05, 4.69) is 62.4 Å². The van der Waals surface area contributed by atoms with E-state index in [0.717, 1.165) is 48.3 Å². The predicted octanol–water partition coefficient (Wildman–Crippen LogP) is 11.4. The Balaban J connectivity index is 1.58. The summed E-state index contributed by atoms with van der Waals surface area (Å²) in [6.45, 7) is 7.26. The summed E-state index contributed by atoms with van der Waals surface area (Å²) < 4.78 is 11.6. The molecule has 3 nitrogen and oxygen atoms in total. The summed E-state index contributed by atoms with van der Waals surface area (Å²) in [6.07, 6.45) is 22.1. The summed E-state index contributed by atoms with van der Waals surface area (Å²) in [6, 6.07) is 16.7. The third-order valence-electron chi connectivity index (χ3n) is 7.63. The highest BCUT2D eigenvalue weighted by molar-refractivity contribution is 5.70. The minimum atomic E-state index is -0.225. The van der Waals surface area contributed by atoms with Gasteiger partial charge in [0.2, 0.25) is 0 Å². The van der Waals surface area contributed by atoms with Gasteiger partial charge in [-0.15, -0.1) is 0 Å². The number of rotatable bonds is 23. The van der Waals surface area contributed by atoms with Gasteiger partial charge in [-0.1, -0.05) is 147 Å². The Morgan fingerprint density at radius 3 is 1.54 bits per heavy atom. The van der Waals surface area contributed by atoms with Gasteiger partial charge < -0.3 is 9.47 Å². The number of ether oxygens (including phenoxy) is 2. The fraction of sp³-hybridized carbons (Fsp3) is 0.639. The van der Waals surface area contributed by atoms with E-state index in [1.165, 1.54) is 89.9 Å². The summed E-state index contributed by atoms with van der Waals surface area (Å²) in [7, 11) is 0. The molecule has 3 heteroatoms. The van der Waals surface area contributed by atoms with E-state index in [1.54, 1.807) is 0 Å². The van der Waals surface area contributed by atoms with Crippen LogP contribution in [0.25, 0.3) is 11.1 Å². The molecule has 0 aliphatic heterocycles. The average Bonchev–Trinajstić information content (AvgIpc) is 2.96. The zero-order valence-corrected chi connectivity index (χ0v) is 25.4. The van der Waals surface area contributed by atoms with Gasteiger partial charge in [-0.05, 0) is 48.6 Å². The number of esters is 1. The Morgan fingerprint density at radius 2 is 1.03 bits per heavy atom. The molecule has 0 aliphatic carbocycles. The van der Waals surface area contributed by atoms with E-state index >= 15 is 0 Å². The first-order valence-electron chi connectivity index (χ1n) is 16.2. The SMILES string of the molecule is CCCCCCCCCCCCCCC(=O)OC(C)c1ccc(-c2ccc(OCCCCCCC)cc2)cc1. The second kappa shape index (κ2) is 21.5. The first-order chi connectivity index (χ1) is 19.1. The van der Waals surface area contributed by atoms with Gasteiger partial charge in [0, 0.05) is 6.42 Å². The van der Waals surface area contributed by atoms with E-state index in [-0.39, 0.29) is 12.1 Å². The number of carbonyl (C=O) groups excluding carboxylic acids is 1. The van der Waals surface area contributed by atoms with Crippen LogP contribution < -0.4 is 4.74 Å². The Morgan fingerprint density at radius 1 is 0.590 bits per heavy atom. The first kappa shape index (κ1) is 32.9. The zero-order chi connectivity index (χ0) is 28.0. The van der Waals surface area contributed by atoms with Crippen LogP contribution in [0.1, 0.15) is 148 Å². The van der Waals surface area contributed by atoms with Crippen molar-refractivity contribution < 1.29 is 14.3 Å². The largest absolute Gasteiger partial charge is 0.494 e. The van der Waals surface area contributed by atoms with E-state index < -0.39 is 0 Å². The summed E-state index contributed by atoms with van der Waals surface area (Å²) >= 11 is 0. The highest BCUT2D eigenvalue weighted by atomic mass is 16.5. The van der Waals surface area contributed by atoms with Crippen LogP contribution in [0.5, 0.6) is 5.75 Å². The molecular formula is C36H56O3. The Bertz CT molecular complexity index is 856. The lowest BCUT2D eigenvalue weighted by molar-refractivity contribution is -0.148. The van der Waals surface area contributed by atoms with Crippen LogP contribution in [0, 0.1) is 0 Å². The van der Waals surface area contributed by atoms with Crippen molar-refractivity contribution in [2.45, 2.75) is 142 Å². The molecule has 0 aliphatic rings. The number of carbonyl (C=O) groups is 1. The molecule has 0 saturated carbocycles. The molecule has 1 atom stereocenters. The molecule has 0 heterocycles. The summed E-state index contributed by atoms with van der Waals surface area (Å²) in [5.41, 5.74) is 3.35. The zero-order valence-electron chi connectivity index (χ0n) is 25.4. The smallest absolute Gasteiger partial charge is 0.306 e. The molecule has 0 saturated heterocycles. The molecule has 0 radical (unpaired) electrons. The minimum Gasteiger partial charge on any atom is -0.494 e. The van der Waals surface area contributed by atoms with Gasteiger partial charge in [-0.25, -0.2) is 0 Å². The van der Waals surface area contributed by atoms with Gasteiger partial charge in [0.05, 0.1) is 6.61 Å². The molecule has 2 rings (SSSR count). The number of benzene rings is 2. The van der Waals surface area contributed by atoms with Crippen molar-refractivity contribution in [3.8, 4) is 16.9 Å². The molecule has 0 N–H and O–H groups in total. The van der Waals surface area contributed by atoms with E-state index in [1.807, 2.05) is 6.92 Å². The van der Waals surface area contributed by atoms with Gasteiger partial charge in [0.1, 0.15) is 11.9 Å². The molecule has 0 aromatic heterocycles. The second-order valence-corrected chi connectivity index (χ2v) is 11.2. The van der Waals surface area contributed by atoms with Crippen molar-refractivity contribution in [1.82, 2.24) is 0 Å². The van der Waals surface area contributed by atoms with Crippen LogP contribution >= 0.6 is 0 Å². The molecule has 0 spiro atoms. The number of hydrogen-bond acceptors (Lipinski definition) is 3. The molecular weight excluding hydrogens is 480 g/mol. The van der Waals surface area contributed by atoms with Crippen LogP contribution in [0.4, 0.5) is 0 Å². The summed E-state index contributed by atoms with van der Waals surface area (Å²) in [5.74, 6) is 0.846. The van der Waals surface area contributed by atoms with Crippen molar-refractivity contribution >= 4 is 5.97 Å². The molecule has 218 valence electrons. The van der Waals surface area contributed by atoms with E-state index in [0.29, 0.717) is 6.42 Å². The molecule has 2 aromatic carbocycles. The van der Waals surface area contributed by atoms with Crippen LogP contribution in [-0.2, 0) is 9.53 Å². The fourth-order valence-corrected chi connectivity index (χ4v) is 5.02. The van der Waals surface area contributed by atoms with Gasteiger partial charge in [0.15, 0.2) is 0 Å². The van der Waals surface area contributed by atoms with E-state index in [9.17, 15) is 4.79 Å². The van der Waals surface area contributed by atoms with Crippen LogP contribution in [0.2, 0.25) is 0 Å². The topological polar surface area (TPSA) is 35.5 Å². The summed E-state index contributed by atoms with van der Waals surface area (Å²) in [4.78, 5) is 12.3. The summed E-state index contributed by atoms with van der Waals surface area (Å²) in [5, 5.41) is 0. The third kappa shape index (κ3) is 15.2. The highest BCUT2D eigenvalue weighted by Gasteiger charge is 2.12. The average molecular weight is 537 g/mol. The Kier molecular flexibility index (Phi) is 18.2. The van der Waals surface area contributed by atoms with Crippen LogP contribution in [-0.4, -0.2) is 12.6 Å². The van der Waals surface area contributed by atoms with Gasteiger partial charge in [-0.3, -0.25) is 4.79 Å². The maximum atomic E-state index is 12.3. The first-order valence-corrected chi connectivity index (χ1v) is 16.2. The standard InChI is InChI=1S/C36H56O3/c1-4-6-8-10-11-12-13-14-15-16-17-19-21-36(37)39-31(3)32-22-24-33(25-23-32)34-26-28-35(29-27-34)38-30-20-18-9-7-5-2/h22-29,31H,4-21,30H2,1-3H3. The van der Waals surface area contributed by atoms with E-state index in [4.69, 9.17) is 9.47 Å². The lowest BCUT2D eigenvalue weighted by atomic mass is 10.0. The molecule has 0 fully saturated rings. The number of unbranched alkanes of at least 4 members (excludes halogenated alkanes) is 15. The molecule has 2 aromatic rings. The van der Waals surface area contributed by atoms with Crippen molar-refractivity contribution in [3.63, 3.8) is 0 Å². The quantitative estimate of drug-likeness (QED) is 0.105. The van der Waals surface area contributed by atoms with Crippen LogP contribution in [0.3, 0.4) is 0 Å². The predicted molar refractivity (Wildman–Crippen MR) is 166 cm³/mol. The number of hydrogen-bond donors (Lipinski definition) is 0. The van der Waals surface area contributed by atoms with Crippen molar-refractivity contribution in [1.29, 1.82) is 0 Å². The Hall–Kier alpha value is -2.29. The third-order valence-corrected chi connectivity index (χ3v) is 7.63. The lowest BCUT2D eigenvalue weighted by Gasteiger charge is -2.14. The maximum Gasteiger partial charge on any atom is 0.306 e. The maximum absolute atomic E-state index is 12.3. The molecule has 0 bridgehead atoms.